The zero-order valence-corrected chi connectivity index (χ0v) is 20.2. The summed E-state index contributed by atoms with van der Waals surface area (Å²) in [5, 5.41) is 7.12. The Morgan fingerprint density at radius 1 is 1.19 bits per heavy atom. The van der Waals surface area contributed by atoms with Gasteiger partial charge in [0.1, 0.15) is 4.90 Å². The Balaban J connectivity index is 0.000000454. The molecule has 2 saturated heterocycles. The Morgan fingerprint density at radius 2 is 1.92 bits per heavy atom. The van der Waals surface area contributed by atoms with Crippen LogP contribution in [0, 0.1) is 5.92 Å². The number of ether oxygens (including phenoxy) is 2. The van der Waals surface area contributed by atoms with E-state index in [0.29, 0.717) is 32.2 Å². The second-order valence-corrected chi connectivity index (χ2v) is 10.4. The number of halogens is 3. The van der Waals surface area contributed by atoms with Crippen molar-refractivity contribution >= 4 is 16.0 Å². The number of hydrogen-bond donors (Lipinski definition) is 1. The molecule has 9 nitrogen and oxygen atoms in total. The summed E-state index contributed by atoms with van der Waals surface area (Å²) in [6, 6.07) is 9.06. The Bertz CT molecular complexity index is 1080. The van der Waals surface area contributed by atoms with E-state index in [9.17, 15) is 21.6 Å². The molecule has 1 spiro atoms. The molecule has 2 aromatic heterocycles. The van der Waals surface area contributed by atoms with Crippen molar-refractivity contribution in [2.24, 2.45) is 5.92 Å². The van der Waals surface area contributed by atoms with Gasteiger partial charge in [0.2, 0.25) is 10.0 Å². The molecule has 2 aliphatic heterocycles. The molecule has 1 N–H and O–H groups in total. The minimum absolute atomic E-state index is 0.227. The first-order chi connectivity index (χ1) is 17.0. The molecule has 2 aliphatic rings. The number of piperidine rings is 1. The normalized spacial score (nSPS) is 20.0. The highest BCUT2D eigenvalue weighted by atomic mass is 32.2. The largest absolute Gasteiger partial charge is 0.490 e. The molecule has 0 aliphatic carbocycles. The molecule has 0 aromatic carbocycles. The van der Waals surface area contributed by atoms with Crippen LogP contribution in [-0.4, -0.2) is 71.8 Å². The van der Waals surface area contributed by atoms with Crippen molar-refractivity contribution in [1.82, 2.24) is 14.3 Å². The van der Waals surface area contributed by atoms with E-state index in [4.69, 9.17) is 19.4 Å². The molecule has 4 heterocycles. The summed E-state index contributed by atoms with van der Waals surface area (Å²) in [6.45, 7) is 2.86. The fourth-order valence-electron chi connectivity index (χ4n) is 4.38. The van der Waals surface area contributed by atoms with Crippen LogP contribution in [0.5, 0.6) is 0 Å². The van der Waals surface area contributed by atoms with E-state index in [-0.39, 0.29) is 10.5 Å². The van der Waals surface area contributed by atoms with Crippen LogP contribution in [0.1, 0.15) is 31.4 Å². The average molecular weight is 532 g/mol. The summed E-state index contributed by atoms with van der Waals surface area (Å²) in [5.74, 6) is -2.36. The molecule has 0 bridgehead atoms. The lowest BCUT2D eigenvalue weighted by molar-refractivity contribution is -0.192. The molecule has 0 amide bonds. The monoisotopic (exact) mass is 531 g/mol. The van der Waals surface area contributed by atoms with Crippen molar-refractivity contribution < 1.29 is 41.0 Å². The van der Waals surface area contributed by atoms with Gasteiger partial charge in [-0.15, -0.1) is 0 Å². The van der Waals surface area contributed by atoms with Crippen LogP contribution in [0.15, 0.2) is 53.8 Å². The van der Waals surface area contributed by atoms with Gasteiger partial charge in [-0.1, -0.05) is 6.07 Å². The van der Waals surface area contributed by atoms with Gasteiger partial charge in [0.05, 0.1) is 17.9 Å². The number of aromatic nitrogens is 2. The molecule has 198 valence electrons. The highest BCUT2D eigenvalue weighted by Crippen LogP contribution is 2.43. The summed E-state index contributed by atoms with van der Waals surface area (Å²) in [7, 11) is -3.49. The van der Waals surface area contributed by atoms with Crippen LogP contribution in [0.4, 0.5) is 13.2 Å². The fraction of sp³-hybridized carbons (Fsp3) is 0.522. The first kappa shape index (κ1) is 28.0. The third-order valence-electron chi connectivity index (χ3n) is 6.27. The van der Waals surface area contributed by atoms with Crippen LogP contribution in [0.3, 0.4) is 0 Å². The first-order valence-electron chi connectivity index (χ1n) is 11.4. The number of sulfonamides is 1. The number of hydrogen-bond acceptors (Lipinski definition) is 7. The lowest BCUT2D eigenvalue weighted by Crippen LogP contribution is -2.49. The Hall–Kier alpha value is -2.61. The zero-order valence-electron chi connectivity index (χ0n) is 19.4. The molecular formula is C23H28F3N3O6S. The first-order valence-corrected chi connectivity index (χ1v) is 12.8. The van der Waals surface area contributed by atoms with Crippen molar-refractivity contribution in [2.45, 2.75) is 49.0 Å². The molecule has 0 radical (unpaired) electrons. The minimum atomic E-state index is -5.08. The van der Waals surface area contributed by atoms with Gasteiger partial charge in [-0.3, -0.25) is 9.97 Å². The van der Waals surface area contributed by atoms with Crippen LogP contribution >= 0.6 is 0 Å². The van der Waals surface area contributed by atoms with Gasteiger partial charge >= 0.3 is 12.1 Å². The van der Waals surface area contributed by atoms with Gasteiger partial charge in [0, 0.05) is 44.9 Å². The van der Waals surface area contributed by atoms with Crippen molar-refractivity contribution in [3.05, 3.63) is 54.6 Å². The number of carboxylic acid groups (broad SMARTS) is 1. The highest BCUT2D eigenvalue weighted by Gasteiger charge is 2.47. The quantitative estimate of drug-likeness (QED) is 0.541. The van der Waals surface area contributed by atoms with Crippen molar-refractivity contribution in [2.75, 3.05) is 26.3 Å². The number of carboxylic acids is 1. The minimum Gasteiger partial charge on any atom is -0.475 e. The Kier molecular flexibility index (Phi) is 9.39. The van der Waals surface area contributed by atoms with Gasteiger partial charge in [0.25, 0.3) is 0 Å². The summed E-state index contributed by atoms with van der Waals surface area (Å²) in [4.78, 5) is 17.4. The molecule has 1 atom stereocenters. The van der Waals surface area contributed by atoms with E-state index in [0.717, 1.165) is 38.0 Å². The van der Waals surface area contributed by atoms with Crippen molar-refractivity contribution in [1.29, 1.82) is 0 Å². The zero-order chi connectivity index (χ0) is 26.2. The summed E-state index contributed by atoms with van der Waals surface area (Å²) in [6.07, 6.45) is 3.04. The van der Waals surface area contributed by atoms with E-state index < -0.39 is 22.2 Å². The number of alkyl halides is 3. The Morgan fingerprint density at radius 3 is 2.50 bits per heavy atom. The average Bonchev–Trinajstić information content (AvgIpc) is 3.24. The van der Waals surface area contributed by atoms with E-state index in [2.05, 4.69) is 9.97 Å². The lowest BCUT2D eigenvalue weighted by atomic mass is 9.78. The van der Waals surface area contributed by atoms with Gasteiger partial charge < -0.3 is 14.6 Å². The second kappa shape index (κ2) is 12.1. The third kappa shape index (κ3) is 7.21. The van der Waals surface area contributed by atoms with E-state index >= 15 is 0 Å². The summed E-state index contributed by atoms with van der Waals surface area (Å²) < 4.78 is 71.0. The molecule has 2 aromatic rings. The van der Waals surface area contributed by atoms with Crippen molar-refractivity contribution in [3.63, 3.8) is 0 Å². The van der Waals surface area contributed by atoms with Gasteiger partial charge in [-0.05, 0) is 55.9 Å². The smallest absolute Gasteiger partial charge is 0.475 e. The molecule has 1 unspecified atom stereocenters. The lowest BCUT2D eigenvalue weighted by Gasteiger charge is -2.41. The predicted molar refractivity (Wildman–Crippen MR) is 121 cm³/mol. The maximum absolute atomic E-state index is 12.8. The van der Waals surface area contributed by atoms with Gasteiger partial charge in [-0.25, -0.2) is 13.2 Å². The molecule has 13 heteroatoms. The number of carbonyl (C=O) groups is 1. The molecule has 0 saturated carbocycles. The third-order valence-corrected chi connectivity index (χ3v) is 8.15. The van der Waals surface area contributed by atoms with Crippen molar-refractivity contribution in [3.8, 4) is 0 Å². The van der Waals surface area contributed by atoms with Crippen LogP contribution in [0.2, 0.25) is 0 Å². The standard InChI is InChI=1S/C21H27N3O4S.C2HF3O2/c25-29(26,20-5-3-10-22-16-20)24-12-8-21(9-13-24)18(7-15-28-21)6-14-27-17-19-4-1-2-11-23-19;3-2(4,5)1(6)7/h1-5,10-11,16,18H,6-9,12-15,17H2;(H,6,7). The van der Waals surface area contributed by atoms with Crippen LogP contribution < -0.4 is 0 Å². The van der Waals surface area contributed by atoms with E-state index in [1.54, 1.807) is 28.8 Å². The van der Waals surface area contributed by atoms with E-state index in [1.807, 2.05) is 18.2 Å². The number of aliphatic carboxylic acids is 1. The maximum Gasteiger partial charge on any atom is 0.490 e. The topological polar surface area (TPSA) is 119 Å². The Labute approximate surface area is 207 Å². The molecule has 36 heavy (non-hydrogen) atoms. The number of nitrogens with zero attached hydrogens (tertiary/aromatic N) is 3. The second-order valence-electron chi connectivity index (χ2n) is 8.46. The molecule has 2 fully saturated rings. The van der Waals surface area contributed by atoms with Gasteiger partial charge in [0.15, 0.2) is 0 Å². The summed E-state index contributed by atoms with van der Waals surface area (Å²) >= 11 is 0. The SMILES string of the molecule is O=C(O)C(F)(F)F.O=S(=O)(c1cccnc1)N1CCC2(CC1)OCCC2CCOCc1ccccn1. The maximum atomic E-state index is 12.8. The highest BCUT2D eigenvalue weighted by molar-refractivity contribution is 7.89. The van der Waals surface area contributed by atoms with E-state index in [1.165, 1.54) is 6.20 Å². The van der Waals surface area contributed by atoms with Crippen LogP contribution in [-0.2, 0) is 30.9 Å². The number of rotatable bonds is 7. The molecular weight excluding hydrogens is 503 g/mol. The van der Waals surface area contributed by atoms with Gasteiger partial charge in [-0.2, -0.15) is 17.5 Å². The fourth-order valence-corrected chi connectivity index (χ4v) is 5.79. The molecule has 4 rings (SSSR count). The summed E-state index contributed by atoms with van der Waals surface area (Å²) in [5.41, 5.74) is 0.703. The van der Waals surface area contributed by atoms with Crippen LogP contribution in [0.25, 0.3) is 0 Å². The predicted octanol–water partition coefficient (Wildman–Crippen LogP) is 3.28. The number of pyridine rings is 2.